The number of nitrogens with one attached hydrogen (secondary N) is 1. The number of benzene rings is 1. The minimum atomic E-state index is -0.158. The van der Waals surface area contributed by atoms with Crippen LogP contribution in [0.2, 0.25) is 0 Å². The van der Waals surface area contributed by atoms with Crippen LogP contribution >= 0.6 is 27.3 Å². The smallest absolute Gasteiger partial charge is 0.251 e. The molecule has 1 N–H and O–H groups in total. The molecule has 1 aliphatic heterocycles. The summed E-state index contributed by atoms with van der Waals surface area (Å²) in [6, 6.07) is 7.70. The highest BCUT2D eigenvalue weighted by molar-refractivity contribution is 9.10. The zero-order valence-electron chi connectivity index (χ0n) is 15.4. The highest BCUT2D eigenvalue weighted by atomic mass is 79.9. The van der Waals surface area contributed by atoms with Gasteiger partial charge in [-0.15, -0.1) is 11.3 Å². The number of hydrogen-bond acceptors (Lipinski definition) is 6. The molecule has 8 heteroatoms. The third-order valence-corrected chi connectivity index (χ3v) is 6.28. The Morgan fingerprint density at radius 1 is 1.30 bits per heavy atom. The predicted molar refractivity (Wildman–Crippen MR) is 109 cm³/mol. The Balaban J connectivity index is 1.74. The van der Waals surface area contributed by atoms with Crippen LogP contribution in [0.4, 0.5) is 0 Å². The van der Waals surface area contributed by atoms with E-state index in [9.17, 15) is 4.79 Å². The lowest BCUT2D eigenvalue weighted by Gasteiger charge is -2.34. The molecule has 0 bridgehead atoms. The largest absolute Gasteiger partial charge is 0.495 e. The minimum absolute atomic E-state index is 0.136. The summed E-state index contributed by atoms with van der Waals surface area (Å²) >= 11 is 5.13. The number of amides is 1. The van der Waals surface area contributed by atoms with Gasteiger partial charge in [0.25, 0.3) is 5.91 Å². The number of carbonyl (C=O) groups excluding carboxylic acids is 1. The van der Waals surface area contributed by atoms with Crippen LogP contribution in [-0.4, -0.2) is 57.9 Å². The molecule has 1 fully saturated rings. The van der Waals surface area contributed by atoms with Crippen molar-refractivity contribution in [2.75, 3.05) is 47.1 Å². The number of ether oxygens (including phenoxy) is 3. The third-order valence-electron chi connectivity index (χ3n) is 4.52. The summed E-state index contributed by atoms with van der Waals surface area (Å²) in [5.74, 6) is 0.957. The number of thiophene rings is 1. The van der Waals surface area contributed by atoms with Gasteiger partial charge in [-0.2, -0.15) is 0 Å². The minimum Gasteiger partial charge on any atom is -0.495 e. The molecule has 1 aromatic heterocycles. The predicted octanol–water partition coefficient (Wildman–Crippen LogP) is 3.33. The van der Waals surface area contributed by atoms with Gasteiger partial charge in [-0.1, -0.05) is 6.07 Å². The van der Waals surface area contributed by atoms with E-state index in [0.717, 1.165) is 26.3 Å². The summed E-state index contributed by atoms with van der Waals surface area (Å²) in [7, 11) is 3.12. The van der Waals surface area contributed by atoms with Crippen LogP contribution in [0.3, 0.4) is 0 Å². The van der Waals surface area contributed by atoms with Crippen molar-refractivity contribution < 1.29 is 19.0 Å². The van der Waals surface area contributed by atoms with E-state index in [1.54, 1.807) is 37.7 Å². The van der Waals surface area contributed by atoms with E-state index in [1.807, 2.05) is 6.07 Å². The fourth-order valence-electron chi connectivity index (χ4n) is 3.07. The zero-order chi connectivity index (χ0) is 19.2. The number of hydrogen-bond donors (Lipinski definition) is 1. The second-order valence-electron chi connectivity index (χ2n) is 6.08. The lowest BCUT2D eigenvalue weighted by Crippen LogP contribution is -2.43. The molecule has 146 valence electrons. The average molecular weight is 455 g/mol. The van der Waals surface area contributed by atoms with Gasteiger partial charge < -0.3 is 19.5 Å². The Morgan fingerprint density at radius 2 is 1.96 bits per heavy atom. The van der Waals surface area contributed by atoms with Gasteiger partial charge in [0.15, 0.2) is 0 Å². The number of carbonyl (C=O) groups is 1. The van der Waals surface area contributed by atoms with Gasteiger partial charge in [-0.05, 0) is 39.5 Å². The van der Waals surface area contributed by atoms with Crippen LogP contribution in [-0.2, 0) is 4.74 Å². The number of morpholine rings is 1. The van der Waals surface area contributed by atoms with E-state index in [0.29, 0.717) is 28.1 Å². The first-order valence-electron chi connectivity index (χ1n) is 8.69. The highest BCUT2D eigenvalue weighted by Gasteiger charge is 2.24. The lowest BCUT2D eigenvalue weighted by atomic mass is 10.1. The van der Waals surface area contributed by atoms with Crippen molar-refractivity contribution in [3.63, 3.8) is 0 Å². The molecule has 1 unspecified atom stereocenters. The third kappa shape index (κ3) is 4.82. The first-order valence-corrected chi connectivity index (χ1v) is 10.4. The summed E-state index contributed by atoms with van der Waals surface area (Å²) in [4.78, 5) is 16.4. The first-order chi connectivity index (χ1) is 13.1. The quantitative estimate of drug-likeness (QED) is 0.694. The topological polar surface area (TPSA) is 60.0 Å². The molecule has 0 aliphatic carbocycles. The summed E-state index contributed by atoms with van der Waals surface area (Å²) in [5.41, 5.74) is 0.499. The molecule has 3 rings (SSSR count). The van der Waals surface area contributed by atoms with Gasteiger partial charge in [-0.25, -0.2) is 0 Å². The molecule has 1 aromatic carbocycles. The standard InChI is InChI=1S/C19H23BrN2O4S/c1-24-15-10-13(11-16(25-2)18(15)20)19(23)21-12-14(17-4-3-9-27-17)22-5-7-26-8-6-22/h3-4,9-11,14H,5-8,12H2,1-2H3,(H,21,23). The molecule has 0 saturated carbocycles. The maximum atomic E-state index is 12.8. The van der Waals surface area contributed by atoms with Crippen LogP contribution in [0.25, 0.3) is 0 Å². The highest BCUT2D eigenvalue weighted by Crippen LogP contribution is 2.35. The normalized spacial score (nSPS) is 16.0. The molecule has 1 aliphatic rings. The molecule has 1 saturated heterocycles. The SMILES string of the molecule is COc1cc(C(=O)NCC(c2cccs2)N2CCOCC2)cc(OC)c1Br. The van der Waals surface area contributed by atoms with E-state index < -0.39 is 0 Å². The monoisotopic (exact) mass is 454 g/mol. The molecule has 2 heterocycles. The van der Waals surface area contributed by atoms with Gasteiger partial charge in [0, 0.05) is 30.1 Å². The zero-order valence-corrected chi connectivity index (χ0v) is 17.8. The summed E-state index contributed by atoms with van der Waals surface area (Å²) in [5, 5.41) is 5.13. The summed E-state index contributed by atoms with van der Waals surface area (Å²) < 4.78 is 16.8. The van der Waals surface area contributed by atoms with E-state index in [4.69, 9.17) is 14.2 Å². The Hall–Kier alpha value is -1.61. The lowest BCUT2D eigenvalue weighted by molar-refractivity contribution is 0.0169. The van der Waals surface area contributed by atoms with Crippen molar-refractivity contribution in [1.29, 1.82) is 0 Å². The van der Waals surface area contributed by atoms with E-state index in [2.05, 4.69) is 37.6 Å². The molecule has 1 amide bonds. The van der Waals surface area contributed by atoms with Crippen LogP contribution < -0.4 is 14.8 Å². The van der Waals surface area contributed by atoms with Gasteiger partial charge >= 0.3 is 0 Å². The molecule has 0 spiro atoms. The molecular formula is C19H23BrN2O4S. The molecule has 27 heavy (non-hydrogen) atoms. The number of rotatable bonds is 7. The number of halogens is 1. The van der Waals surface area contributed by atoms with Crippen LogP contribution in [0, 0.1) is 0 Å². The van der Waals surface area contributed by atoms with Gasteiger partial charge in [0.1, 0.15) is 16.0 Å². The van der Waals surface area contributed by atoms with Crippen molar-refractivity contribution in [1.82, 2.24) is 10.2 Å². The van der Waals surface area contributed by atoms with Gasteiger partial charge in [-0.3, -0.25) is 9.69 Å². The maximum Gasteiger partial charge on any atom is 0.251 e. The van der Waals surface area contributed by atoms with Crippen molar-refractivity contribution in [3.8, 4) is 11.5 Å². The van der Waals surface area contributed by atoms with Crippen LogP contribution in [0.5, 0.6) is 11.5 Å². The molecule has 1 atom stereocenters. The maximum absolute atomic E-state index is 12.8. The van der Waals surface area contributed by atoms with Crippen molar-refractivity contribution in [2.24, 2.45) is 0 Å². The van der Waals surface area contributed by atoms with E-state index in [1.165, 1.54) is 4.88 Å². The van der Waals surface area contributed by atoms with Crippen molar-refractivity contribution in [3.05, 3.63) is 44.6 Å². The summed E-state index contributed by atoms with van der Waals surface area (Å²) in [6.45, 7) is 3.69. The molecular weight excluding hydrogens is 432 g/mol. The van der Waals surface area contributed by atoms with E-state index >= 15 is 0 Å². The van der Waals surface area contributed by atoms with Crippen molar-refractivity contribution >= 4 is 33.2 Å². The average Bonchev–Trinajstić information content (AvgIpc) is 3.23. The Morgan fingerprint density at radius 3 is 2.52 bits per heavy atom. The summed E-state index contributed by atoms with van der Waals surface area (Å²) in [6.07, 6.45) is 0. The Kier molecular flexibility index (Phi) is 7.12. The Labute approximate surface area is 171 Å². The fourth-order valence-corrected chi connectivity index (χ4v) is 4.49. The second-order valence-corrected chi connectivity index (χ2v) is 7.86. The second kappa shape index (κ2) is 9.54. The van der Waals surface area contributed by atoms with Gasteiger partial charge in [0.05, 0.1) is 33.5 Å². The molecule has 2 aromatic rings. The Bertz CT molecular complexity index is 738. The fraction of sp³-hybridized carbons (Fsp3) is 0.421. The number of nitrogens with zero attached hydrogens (tertiary/aromatic N) is 1. The molecule has 6 nitrogen and oxygen atoms in total. The van der Waals surface area contributed by atoms with Crippen LogP contribution in [0.1, 0.15) is 21.3 Å². The van der Waals surface area contributed by atoms with Gasteiger partial charge in [0.2, 0.25) is 0 Å². The number of methoxy groups -OCH3 is 2. The first kappa shape index (κ1) is 20.1. The molecule has 0 radical (unpaired) electrons. The van der Waals surface area contributed by atoms with Crippen LogP contribution in [0.15, 0.2) is 34.1 Å². The van der Waals surface area contributed by atoms with E-state index in [-0.39, 0.29) is 11.9 Å². The van der Waals surface area contributed by atoms with Crippen molar-refractivity contribution in [2.45, 2.75) is 6.04 Å².